The maximum Gasteiger partial charge on any atom is 0.230 e. The van der Waals surface area contributed by atoms with Crippen molar-refractivity contribution in [2.75, 3.05) is 25.6 Å². The van der Waals surface area contributed by atoms with Gasteiger partial charge in [0.2, 0.25) is 5.91 Å². The van der Waals surface area contributed by atoms with E-state index in [4.69, 9.17) is 9.47 Å². The highest BCUT2D eigenvalue weighted by molar-refractivity contribution is 5.94. The molecule has 23 heavy (non-hydrogen) atoms. The highest BCUT2D eigenvalue weighted by Crippen LogP contribution is 2.23. The first-order chi connectivity index (χ1) is 11.1. The van der Waals surface area contributed by atoms with Gasteiger partial charge >= 0.3 is 0 Å². The maximum atomic E-state index is 12.1. The summed E-state index contributed by atoms with van der Waals surface area (Å²) in [5.41, 5.74) is 0.510. The Morgan fingerprint density at radius 1 is 1.48 bits per heavy atom. The highest BCUT2D eigenvalue weighted by atomic mass is 16.5. The topological polar surface area (TPSA) is 104 Å². The third-order valence-corrected chi connectivity index (χ3v) is 3.80. The number of nitrogens with two attached hydrogens (primary N) is 1. The lowest BCUT2D eigenvalue weighted by Gasteiger charge is -2.18. The number of quaternary nitrogens is 1. The Morgan fingerprint density at radius 2 is 2.26 bits per heavy atom. The highest BCUT2D eigenvalue weighted by Gasteiger charge is 2.23. The normalized spacial score (nSPS) is 18.4. The van der Waals surface area contributed by atoms with Crippen LogP contribution in [0.15, 0.2) is 24.3 Å². The molecule has 0 bridgehead atoms. The molecule has 2 rings (SSSR count). The fraction of sp³-hybridized carbons (Fsp3) is 0.500. The molecule has 2 atom stereocenters. The standard InChI is InChI=1S/C16H22N2O5/c1-22-14-7-3-2-6-12(14)18-15(19)9-13(16(20)21)17-10-11-5-4-8-23-11/h2-3,6-7,11,13,17H,4-5,8-10H2,1H3,(H,18,19)(H,20,21)/t11-,13+/m0/s1. The summed E-state index contributed by atoms with van der Waals surface area (Å²) in [6, 6.07) is 6.02. The van der Waals surface area contributed by atoms with E-state index in [9.17, 15) is 14.7 Å². The summed E-state index contributed by atoms with van der Waals surface area (Å²) in [6.07, 6.45) is 1.79. The van der Waals surface area contributed by atoms with Gasteiger partial charge in [-0.15, -0.1) is 0 Å². The second-order valence-corrected chi connectivity index (χ2v) is 5.48. The van der Waals surface area contributed by atoms with Crippen LogP contribution in [0.4, 0.5) is 5.69 Å². The summed E-state index contributed by atoms with van der Waals surface area (Å²) in [7, 11) is 1.50. The van der Waals surface area contributed by atoms with Crippen molar-refractivity contribution in [3.8, 4) is 5.75 Å². The number of para-hydroxylation sites is 2. The Hall–Kier alpha value is -2.12. The van der Waals surface area contributed by atoms with Crippen LogP contribution in [0, 0.1) is 0 Å². The van der Waals surface area contributed by atoms with E-state index in [1.807, 2.05) is 0 Å². The molecule has 7 nitrogen and oxygen atoms in total. The molecule has 1 saturated heterocycles. The minimum Gasteiger partial charge on any atom is -0.544 e. The number of anilines is 1. The number of ether oxygens (including phenoxy) is 2. The van der Waals surface area contributed by atoms with E-state index in [2.05, 4.69) is 5.32 Å². The largest absolute Gasteiger partial charge is 0.544 e. The van der Waals surface area contributed by atoms with Crippen LogP contribution >= 0.6 is 0 Å². The molecule has 0 spiro atoms. The van der Waals surface area contributed by atoms with Gasteiger partial charge in [0.25, 0.3) is 0 Å². The molecule has 3 N–H and O–H groups in total. The summed E-state index contributed by atoms with van der Waals surface area (Å²) in [5, 5.41) is 15.5. The SMILES string of the molecule is COc1ccccc1NC(=O)C[C@@H]([NH2+]C[C@@H]1CCCO1)C(=O)[O-]. The van der Waals surface area contributed by atoms with E-state index in [0.29, 0.717) is 24.6 Å². The fourth-order valence-electron chi connectivity index (χ4n) is 2.56. The third kappa shape index (κ3) is 5.22. The summed E-state index contributed by atoms with van der Waals surface area (Å²) in [4.78, 5) is 23.3. The number of hydrogen-bond acceptors (Lipinski definition) is 5. The number of hydrogen-bond donors (Lipinski definition) is 2. The monoisotopic (exact) mass is 322 g/mol. The quantitative estimate of drug-likeness (QED) is 0.631. The van der Waals surface area contributed by atoms with Gasteiger partial charge < -0.3 is 30.0 Å². The zero-order chi connectivity index (χ0) is 16.7. The summed E-state index contributed by atoms with van der Waals surface area (Å²) < 4.78 is 10.6. The van der Waals surface area contributed by atoms with Crippen molar-refractivity contribution in [3.05, 3.63) is 24.3 Å². The van der Waals surface area contributed by atoms with E-state index in [0.717, 1.165) is 12.8 Å². The molecule has 0 aromatic heterocycles. The van der Waals surface area contributed by atoms with Crippen molar-refractivity contribution in [3.63, 3.8) is 0 Å². The molecule has 0 saturated carbocycles. The first kappa shape index (κ1) is 17.2. The van der Waals surface area contributed by atoms with E-state index < -0.39 is 17.9 Å². The van der Waals surface area contributed by atoms with E-state index in [1.54, 1.807) is 29.6 Å². The Morgan fingerprint density at radius 3 is 2.91 bits per heavy atom. The second kappa shape index (κ2) is 8.50. The van der Waals surface area contributed by atoms with Gasteiger partial charge in [-0.1, -0.05) is 12.1 Å². The van der Waals surface area contributed by atoms with E-state index >= 15 is 0 Å². The number of benzene rings is 1. The van der Waals surface area contributed by atoms with Crippen molar-refractivity contribution in [1.82, 2.24) is 0 Å². The molecular formula is C16H22N2O5. The average molecular weight is 322 g/mol. The van der Waals surface area contributed by atoms with E-state index in [-0.39, 0.29) is 12.5 Å². The van der Waals surface area contributed by atoms with Crippen LogP contribution in [0.3, 0.4) is 0 Å². The van der Waals surface area contributed by atoms with Crippen molar-refractivity contribution in [2.45, 2.75) is 31.4 Å². The van der Waals surface area contributed by atoms with Gasteiger partial charge in [-0.05, 0) is 25.0 Å². The molecule has 0 radical (unpaired) electrons. The number of carbonyl (C=O) groups excluding carboxylic acids is 2. The van der Waals surface area contributed by atoms with Crippen LogP contribution in [-0.4, -0.2) is 44.3 Å². The van der Waals surface area contributed by atoms with Crippen molar-refractivity contribution in [2.24, 2.45) is 0 Å². The van der Waals surface area contributed by atoms with Gasteiger partial charge in [0.1, 0.15) is 24.4 Å². The third-order valence-electron chi connectivity index (χ3n) is 3.80. The fourth-order valence-corrected chi connectivity index (χ4v) is 2.56. The lowest BCUT2D eigenvalue weighted by Crippen LogP contribution is -2.94. The van der Waals surface area contributed by atoms with Crippen LogP contribution < -0.4 is 20.5 Å². The summed E-state index contributed by atoms with van der Waals surface area (Å²) in [5.74, 6) is -1.13. The van der Waals surface area contributed by atoms with Crippen LogP contribution in [0.25, 0.3) is 0 Å². The zero-order valence-corrected chi connectivity index (χ0v) is 13.1. The minimum atomic E-state index is -1.25. The number of carbonyl (C=O) groups is 2. The molecule has 1 aromatic carbocycles. The molecule has 1 aliphatic rings. The Labute approximate surface area is 135 Å². The van der Waals surface area contributed by atoms with Gasteiger partial charge in [0.15, 0.2) is 0 Å². The first-order valence-corrected chi connectivity index (χ1v) is 7.69. The van der Waals surface area contributed by atoms with Gasteiger partial charge in [0.05, 0.1) is 25.2 Å². The smallest absolute Gasteiger partial charge is 0.230 e. The predicted octanol–water partition coefficient (Wildman–Crippen LogP) is -1.12. The van der Waals surface area contributed by atoms with Gasteiger partial charge in [-0.2, -0.15) is 0 Å². The number of methoxy groups -OCH3 is 1. The molecule has 1 amide bonds. The van der Waals surface area contributed by atoms with Crippen molar-refractivity contribution >= 4 is 17.6 Å². The molecule has 1 aliphatic heterocycles. The number of amides is 1. The molecule has 7 heteroatoms. The Bertz CT molecular complexity index is 543. The lowest BCUT2D eigenvalue weighted by atomic mass is 10.1. The van der Waals surface area contributed by atoms with Crippen LogP contribution in [0.2, 0.25) is 0 Å². The van der Waals surface area contributed by atoms with Crippen molar-refractivity contribution < 1.29 is 29.5 Å². The molecule has 1 heterocycles. The number of rotatable bonds is 8. The van der Waals surface area contributed by atoms with Crippen LogP contribution in [0.5, 0.6) is 5.75 Å². The maximum absolute atomic E-state index is 12.1. The number of aliphatic carboxylic acids is 1. The minimum absolute atomic E-state index is 0.0501. The predicted molar refractivity (Wildman–Crippen MR) is 80.8 cm³/mol. The first-order valence-electron chi connectivity index (χ1n) is 7.69. The van der Waals surface area contributed by atoms with Crippen molar-refractivity contribution in [1.29, 1.82) is 0 Å². The lowest BCUT2D eigenvalue weighted by molar-refractivity contribution is -0.687. The summed E-state index contributed by atoms with van der Waals surface area (Å²) >= 11 is 0. The van der Waals surface area contributed by atoms with Gasteiger partial charge in [-0.3, -0.25) is 4.79 Å². The van der Waals surface area contributed by atoms with E-state index in [1.165, 1.54) is 7.11 Å². The average Bonchev–Trinajstić information content (AvgIpc) is 3.05. The molecule has 1 fully saturated rings. The molecular weight excluding hydrogens is 300 g/mol. The molecule has 0 unspecified atom stereocenters. The number of carboxylic acids is 1. The Balaban J connectivity index is 1.88. The van der Waals surface area contributed by atoms with Gasteiger partial charge in [0, 0.05) is 6.61 Å². The van der Waals surface area contributed by atoms with Crippen LogP contribution in [-0.2, 0) is 14.3 Å². The zero-order valence-electron chi connectivity index (χ0n) is 13.1. The molecule has 1 aromatic rings. The second-order valence-electron chi connectivity index (χ2n) is 5.48. The molecule has 0 aliphatic carbocycles. The molecule has 126 valence electrons. The number of carboxylic acid groups (broad SMARTS) is 1. The Kier molecular flexibility index (Phi) is 6.37. The number of nitrogens with one attached hydrogen (secondary N) is 1. The summed E-state index contributed by atoms with van der Waals surface area (Å²) in [6.45, 7) is 1.23. The van der Waals surface area contributed by atoms with Crippen LogP contribution in [0.1, 0.15) is 19.3 Å². The van der Waals surface area contributed by atoms with Gasteiger partial charge in [-0.25, -0.2) is 0 Å².